The third kappa shape index (κ3) is 5.57. The first-order valence-electron chi connectivity index (χ1n) is 7.14. The summed E-state index contributed by atoms with van der Waals surface area (Å²) in [5, 5.41) is 15.0. The summed E-state index contributed by atoms with van der Waals surface area (Å²) in [6, 6.07) is 3.30. The lowest BCUT2D eigenvalue weighted by molar-refractivity contribution is 0.204. The number of carbonyl (C=O) groups is 1. The van der Waals surface area contributed by atoms with Crippen molar-refractivity contribution in [1.29, 1.82) is 0 Å². The van der Waals surface area contributed by atoms with Crippen molar-refractivity contribution in [2.75, 3.05) is 6.61 Å². The second-order valence-electron chi connectivity index (χ2n) is 5.37. The van der Waals surface area contributed by atoms with Gasteiger partial charge in [-0.05, 0) is 36.5 Å². The zero-order valence-electron chi connectivity index (χ0n) is 12.5. The Balaban J connectivity index is 2.55. The normalized spacial score (nSPS) is 13.8. The average molecular weight is 279 g/mol. The first-order valence-corrected chi connectivity index (χ1v) is 7.14. The molecule has 0 aliphatic carbocycles. The van der Waals surface area contributed by atoms with Gasteiger partial charge in [0.25, 0.3) is 0 Å². The Kier molecular flexibility index (Phi) is 7.01. The van der Waals surface area contributed by atoms with E-state index in [0.717, 1.165) is 18.4 Å². The van der Waals surface area contributed by atoms with Crippen molar-refractivity contribution in [1.82, 2.24) is 15.6 Å². The molecule has 0 spiro atoms. The fourth-order valence-corrected chi connectivity index (χ4v) is 2.15. The molecule has 5 heteroatoms. The number of carbonyl (C=O) groups excluding carboxylic acids is 1. The van der Waals surface area contributed by atoms with Crippen molar-refractivity contribution in [2.45, 2.75) is 45.7 Å². The van der Waals surface area contributed by atoms with Crippen molar-refractivity contribution in [3.8, 4) is 0 Å². The topological polar surface area (TPSA) is 74.2 Å². The predicted octanol–water partition coefficient (Wildman–Crippen LogP) is 2.24. The van der Waals surface area contributed by atoms with Crippen molar-refractivity contribution in [3.63, 3.8) is 0 Å². The van der Waals surface area contributed by atoms with E-state index in [4.69, 9.17) is 0 Å². The predicted molar refractivity (Wildman–Crippen MR) is 79.3 cm³/mol. The summed E-state index contributed by atoms with van der Waals surface area (Å²) in [4.78, 5) is 16.0. The summed E-state index contributed by atoms with van der Waals surface area (Å²) < 4.78 is 0. The monoisotopic (exact) mass is 279 g/mol. The molecule has 0 radical (unpaired) electrons. The average Bonchev–Trinajstić information content (AvgIpc) is 2.44. The van der Waals surface area contributed by atoms with Gasteiger partial charge < -0.3 is 15.7 Å². The second-order valence-corrected chi connectivity index (χ2v) is 5.37. The van der Waals surface area contributed by atoms with Crippen LogP contribution in [0.4, 0.5) is 4.79 Å². The van der Waals surface area contributed by atoms with Gasteiger partial charge in [0.1, 0.15) is 0 Å². The molecular weight excluding hydrogens is 254 g/mol. The van der Waals surface area contributed by atoms with E-state index >= 15 is 0 Å². The molecule has 1 rings (SSSR count). The highest BCUT2D eigenvalue weighted by Crippen LogP contribution is 2.15. The molecule has 3 N–H and O–H groups in total. The molecule has 1 heterocycles. The van der Waals surface area contributed by atoms with E-state index in [-0.39, 0.29) is 24.7 Å². The highest BCUT2D eigenvalue weighted by Gasteiger charge is 2.16. The van der Waals surface area contributed by atoms with E-state index in [1.54, 1.807) is 12.4 Å². The Morgan fingerprint density at radius 1 is 1.30 bits per heavy atom. The van der Waals surface area contributed by atoms with E-state index in [0.29, 0.717) is 5.92 Å². The van der Waals surface area contributed by atoms with Crippen LogP contribution in [0, 0.1) is 5.92 Å². The van der Waals surface area contributed by atoms with Crippen molar-refractivity contribution in [2.24, 2.45) is 5.92 Å². The van der Waals surface area contributed by atoms with Crippen LogP contribution in [-0.4, -0.2) is 28.8 Å². The first kappa shape index (κ1) is 16.4. The maximum Gasteiger partial charge on any atom is 0.315 e. The number of hydrogen-bond acceptors (Lipinski definition) is 3. The van der Waals surface area contributed by atoms with Gasteiger partial charge >= 0.3 is 6.03 Å². The lowest BCUT2D eigenvalue weighted by Crippen LogP contribution is -2.45. The summed E-state index contributed by atoms with van der Waals surface area (Å²) in [6.45, 7) is 6.10. The molecule has 20 heavy (non-hydrogen) atoms. The van der Waals surface area contributed by atoms with Crippen LogP contribution >= 0.6 is 0 Å². The van der Waals surface area contributed by atoms with E-state index in [9.17, 15) is 9.90 Å². The van der Waals surface area contributed by atoms with Gasteiger partial charge in [-0.25, -0.2) is 4.79 Å². The zero-order valence-corrected chi connectivity index (χ0v) is 12.5. The molecule has 2 unspecified atom stereocenters. The molecule has 2 atom stereocenters. The Morgan fingerprint density at radius 2 is 1.95 bits per heavy atom. The van der Waals surface area contributed by atoms with Crippen LogP contribution < -0.4 is 10.6 Å². The zero-order chi connectivity index (χ0) is 15.0. The molecule has 0 fully saturated rings. The number of aliphatic hydroxyl groups excluding tert-OH is 1. The van der Waals surface area contributed by atoms with Crippen LogP contribution in [0.25, 0.3) is 0 Å². The molecule has 0 aliphatic heterocycles. The number of aliphatic hydroxyl groups is 1. The Bertz CT molecular complexity index is 395. The maximum atomic E-state index is 12.0. The smallest absolute Gasteiger partial charge is 0.315 e. The largest absolute Gasteiger partial charge is 0.394 e. The van der Waals surface area contributed by atoms with Gasteiger partial charge in [-0.1, -0.05) is 20.8 Å². The third-order valence-electron chi connectivity index (χ3n) is 3.13. The number of rotatable bonds is 7. The number of nitrogens with one attached hydrogen (secondary N) is 2. The van der Waals surface area contributed by atoms with Gasteiger partial charge in [0, 0.05) is 12.4 Å². The van der Waals surface area contributed by atoms with Crippen LogP contribution in [0.3, 0.4) is 0 Å². The van der Waals surface area contributed by atoms with Crippen molar-refractivity contribution >= 4 is 6.03 Å². The van der Waals surface area contributed by atoms with E-state index in [1.807, 2.05) is 19.1 Å². The minimum absolute atomic E-state index is 0.0440. The van der Waals surface area contributed by atoms with Gasteiger partial charge in [0.15, 0.2) is 0 Å². The highest BCUT2D eigenvalue weighted by atomic mass is 16.3. The molecular formula is C15H25N3O2. The minimum atomic E-state index is -0.242. The number of aromatic nitrogens is 1. The molecule has 0 aliphatic rings. The van der Waals surface area contributed by atoms with Gasteiger partial charge in [0.2, 0.25) is 0 Å². The molecule has 5 nitrogen and oxygen atoms in total. The standard InChI is InChI=1S/C15H25N3O2/c1-4-14(12-5-7-16-8-6-12)18-15(20)17-13(10-19)9-11(2)3/h5-8,11,13-14,19H,4,9-10H2,1-3H3,(H2,17,18,20). The SMILES string of the molecule is CCC(NC(=O)NC(CO)CC(C)C)c1ccncc1. The van der Waals surface area contributed by atoms with E-state index in [2.05, 4.69) is 29.5 Å². The Morgan fingerprint density at radius 3 is 2.45 bits per heavy atom. The number of hydrogen-bond donors (Lipinski definition) is 3. The van der Waals surface area contributed by atoms with Crippen LogP contribution in [0.2, 0.25) is 0 Å². The number of amides is 2. The molecule has 0 saturated carbocycles. The molecule has 1 aromatic rings. The van der Waals surface area contributed by atoms with Crippen molar-refractivity contribution in [3.05, 3.63) is 30.1 Å². The quantitative estimate of drug-likeness (QED) is 0.716. The minimum Gasteiger partial charge on any atom is -0.394 e. The number of pyridine rings is 1. The van der Waals surface area contributed by atoms with Gasteiger partial charge in [-0.3, -0.25) is 4.98 Å². The fraction of sp³-hybridized carbons (Fsp3) is 0.600. The third-order valence-corrected chi connectivity index (χ3v) is 3.13. The lowest BCUT2D eigenvalue weighted by atomic mass is 10.0. The molecule has 2 amide bonds. The summed E-state index contributed by atoms with van der Waals surface area (Å²) in [5.41, 5.74) is 1.03. The molecule has 0 aromatic carbocycles. The summed E-state index contributed by atoms with van der Waals surface area (Å²) in [5.74, 6) is 0.426. The van der Waals surface area contributed by atoms with Gasteiger partial charge in [-0.15, -0.1) is 0 Å². The summed E-state index contributed by atoms with van der Waals surface area (Å²) in [7, 11) is 0. The second kappa shape index (κ2) is 8.53. The van der Waals surface area contributed by atoms with Gasteiger partial charge in [0.05, 0.1) is 18.7 Å². The summed E-state index contributed by atoms with van der Waals surface area (Å²) in [6.07, 6.45) is 4.99. The maximum absolute atomic E-state index is 12.0. The lowest BCUT2D eigenvalue weighted by Gasteiger charge is -2.22. The van der Waals surface area contributed by atoms with Crippen LogP contribution in [-0.2, 0) is 0 Å². The first-order chi connectivity index (χ1) is 9.56. The molecule has 0 saturated heterocycles. The molecule has 0 bridgehead atoms. The highest BCUT2D eigenvalue weighted by molar-refractivity contribution is 5.74. The molecule has 112 valence electrons. The van der Waals surface area contributed by atoms with Crippen LogP contribution in [0.15, 0.2) is 24.5 Å². The van der Waals surface area contributed by atoms with Crippen LogP contribution in [0.5, 0.6) is 0 Å². The van der Waals surface area contributed by atoms with Crippen LogP contribution in [0.1, 0.15) is 45.2 Å². The van der Waals surface area contributed by atoms with E-state index in [1.165, 1.54) is 0 Å². The van der Waals surface area contributed by atoms with E-state index < -0.39 is 0 Å². The summed E-state index contributed by atoms with van der Waals surface area (Å²) >= 11 is 0. The Labute approximate surface area is 120 Å². The number of nitrogens with zero attached hydrogens (tertiary/aromatic N) is 1. The fourth-order valence-electron chi connectivity index (χ4n) is 2.15. The number of urea groups is 1. The molecule has 1 aromatic heterocycles. The van der Waals surface area contributed by atoms with Crippen molar-refractivity contribution < 1.29 is 9.90 Å². The Hall–Kier alpha value is -1.62. The van der Waals surface area contributed by atoms with Gasteiger partial charge in [-0.2, -0.15) is 0 Å².